The van der Waals surface area contributed by atoms with E-state index in [4.69, 9.17) is 18.6 Å². The number of aromatic hydroxyl groups is 1. The van der Waals surface area contributed by atoms with Crippen LogP contribution in [0.25, 0.3) is 22.3 Å². The minimum atomic E-state index is -0.0906. The number of hydrogen-bond acceptors (Lipinski definition) is 6. The summed E-state index contributed by atoms with van der Waals surface area (Å²) in [6.45, 7) is 6.74. The number of furan rings is 1. The number of phenolic OH excluding ortho intramolecular Hbond substituents is 1. The van der Waals surface area contributed by atoms with Gasteiger partial charge in [-0.3, -0.25) is 4.79 Å². The van der Waals surface area contributed by atoms with Crippen LogP contribution in [0.2, 0.25) is 0 Å². The number of allylic oxidation sites excluding steroid dienone is 3. The van der Waals surface area contributed by atoms with Gasteiger partial charge in [0.15, 0.2) is 6.29 Å². The molecule has 0 aliphatic carbocycles. The van der Waals surface area contributed by atoms with E-state index in [9.17, 15) is 9.90 Å². The Morgan fingerprint density at radius 3 is 2.48 bits per heavy atom. The number of aldehydes is 1. The van der Waals surface area contributed by atoms with Crippen molar-refractivity contribution < 1.29 is 28.5 Å². The summed E-state index contributed by atoms with van der Waals surface area (Å²) in [5, 5.41) is 10.7. The van der Waals surface area contributed by atoms with Crippen LogP contribution in [0.1, 0.15) is 44.0 Å². The predicted molar refractivity (Wildman–Crippen MR) is 130 cm³/mol. The van der Waals surface area contributed by atoms with Gasteiger partial charge in [0.2, 0.25) is 0 Å². The molecule has 3 rings (SSSR count). The largest absolute Gasteiger partial charge is 0.507 e. The first-order chi connectivity index (χ1) is 15.9. The van der Waals surface area contributed by atoms with Crippen LogP contribution in [0, 0.1) is 0 Å². The number of hydrogen-bond donors (Lipinski definition) is 1. The van der Waals surface area contributed by atoms with Gasteiger partial charge in [-0.2, -0.15) is 0 Å². The average molecular weight is 451 g/mol. The minimum Gasteiger partial charge on any atom is -0.507 e. The van der Waals surface area contributed by atoms with Crippen LogP contribution in [0.4, 0.5) is 0 Å². The second-order valence-electron chi connectivity index (χ2n) is 8.03. The van der Waals surface area contributed by atoms with Gasteiger partial charge in [-0.1, -0.05) is 17.2 Å². The lowest BCUT2D eigenvalue weighted by molar-refractivity contribution is 0.112. The van der Waals surface area contributed by atoms with Crippen LogP contribution in [0.5, 0.6) is 23.0 Å². The highest BCUT2D eigenvalue weighted by atomic mass is 16.5. The quantitative estimate of drug-likeness (QED) is 0.273. The monoisotopic (exact) mass is 450 g/mol. The van der Waals surface area contributed by atoms with Crippen molar-refractivity contribution >= 4 is 17.3 Å². The molecule has 2 aromatic carbocycles. The zero-order valence-corrected chi connectivity index (χ0v) is 19.7. The Balaban J connectivity index is 1.86. The molecule has 33 heavy (non-hydrogen) atoms. The van der Waals surface area contributed by atoms with E-state index in [-0.39, 0.29) is 11.3 Å². The number of carbonyl (C=O) groups is 1. The van der Waals surface area contributed by atoms with Crippen molar-refractivity contribution in [3.05, 3.63) is 59.2 Å². The Kier molecular flexibility index (Phi) is 7.83. The topological polar surface area (TPSA) is 78.1 Å². The summed E-state index contributed by atoms with van der Waals surface area (Å²) in [7, 11) is 3.03. The van der Waals surface area contributed by atoms with E-state index in [1.807, 2.05) is 0 Å². The maximum Gasteiger partial charge on any atom is 0.154 e. The molecule has 1 aromatic heterocycles. The zero-order valence-electron chi connectivity index (χ0n) is 19.7. The number of carbonyl (C=O) groups excluding carboxylic acids is 1. The molecule has 0 atom stereocenters. The second kappa shape index (κ2) is 10.8. The van der Waals surface area contributed by atoms with Crippen LogP contribution in [-0.2, 0) is 0 Å². The number of fused-ring (bicyclic) bond motifs is 1. The lowest BCUT2D eigenvalue weighted by Gasteiger charge is -2.10. The summed E-state index contributed by atoms with van der Waals surface area (Å²) in [5.41, 5.74) is 3.76. The van der Waals surface area contributed by atoms with Crippen LogP contribution < -0.4 is 14.2 Å². The highest BCUT2D eigenvalue weighted by Gasteiger charge is 2.22. The van der Waals surface area contributed by atoms with E-state index < -0.39 is 0 Å². The first-order valence-corrected chi connectivity index (χ1v) is 10.8. The third-order valence-electron chi connectivity index (χ3n) is 5.33. The fourth-order valence-corrected chi connectivity index (χ4v) is 3.56. The summed E-state index contributed by atoms with van der Waals surface area (Å²) >= 11 is 0. The normalized spacial score (nSPS) is 11.4. The molecule has 0 unspecified atom stereocenters. The molecular formula is C27H30O6. The van der Waals surface area contributed by atoms with Crippen LogP contribution in [0.15, 0.2) is 58.0 Å². The van der Waals surface area contributed by atoms with Gasteiger partial charge in [0.05, 0.1) is 30.7 Å². The van der Waals surface area contributed by atoms with Gasteiger partial charge in [-0.05, 0) is 51.8 Å². The lowest BCUT2D eigenvalue weighted by atomic mass is 10.0. The summed E-state index contributed by atoms with van der Waals surface area (Å²) in [5.74, 6) is 1.77. The van der Waals surface area contributed by atoms with E-state index in [1.165, 1.54) is 24.3 Å². The molecule has 6 nitrogen and oxygen atoms in total. The molecule has 0 aliphatic heterocycles. The predicted octanol–water partition coefficient (Wildman–Crippen LogP) is 6.71. The smallest absolute Gasteiger partial charge is 0.154 e. The number of benzene rings is 2. The first-order valence-electron chi connectivity index (χ1n) is 10.8. The van der Waals surface area contributed by atoms with Gasteiger partial charge in [-0.15, -0.1) is 0 Å². The fraction of sp³-hybridized carbons (Fsp3) is 0.296. The van der Waals surface area contributed by atoms with Gasteiger partial charge in [0.25, 0.3) is 0 Å². The van der Waals surface area contributed by atoms with E-state index in [0.717, 1.165) is 12.8 Å². The molecule has 0 amide bonds. The minimum absolute atomic E-state index is 0.0906. The van der Waals surface area contributed by atoms with Crippen molar-refractivity contribution in [2.24, 2.45) is 0 Å². The van der Waals surface area contributed by atoms with Crippen LogP contribution in [0.3, 0.4) is 0 Å². The zero-order chi connectivity index (χ0) is 24.0. The molecule has 6 heteroatoms. The molecule has 0 saturated heterocycles. The third-order valence-corrected chi connectivity index (χ3v) is 5.33. The molecule has 0 spiro atoms. The molecule has 0 fully saturated rings. The van der Waals surface area contributed by atoms with Gasteiger partial charge in [0, 0.05) is 18.2 Å². The van der Waals surface area contributed by atoms with Gasteiger partial charge in [0.1, 0.15) is 40.9 Å². The molecule has 174 valence electrons. The third kappa shape index (κ3) is 5.58. The first kappa shape index (κ1) is 24.0. The van der Waals surface area contributed by atoms with E-state index in [0.29, 0.717) is 52.4 Å². The SMILES string of the molecule is COc1cc(O)c2c(C=O)c(-c3ccc(OC/C=C(/C)CCC=C(C)C)cc3OC)oc2c1. The Morgan fingerprint density at radius 2 is 1.82 bits per heavy atom. The van der Waals surface area contributed by atoms with Gasteiger partial charge >= 0.3 is 0 Å². The van der Waals surface area contributed by atoms with E-state index in [2.05, 4.69) is 32.9 Å². The van der Waals surface area contributed by atoms with E-state index in [1.54, 1.807) is 31.4 Å². The van der Waals surface area contributed by atoms with Crippen molar-refractivity contribution in [1.29, 1.82) is 0 Å². The molecule has 0 radical (unpaired) electrons. The maximum absolute atomic E-state index is 11.9. The Bertz CT molecular complexity index is 1200. The van der Waals surface area contributed by atoms with Crippen LogP contribution >= 0.6 is 0 Å². The summed E-state index contributed by atoms with van der Waals surface area (Å²) in [6.07, 6.45) is 6.97. The summed E-state index contributed by atoms with van der Waals surface area (Å²) in [4.78, 5) is 11.9. The molecule has 0 aliphatic rings. The molecule has 0 bridgehead atoms. The highest BCUT2D eigenvalue weighted by Crippen LogP contribution is 2.43. The van der Waals surface area contributed by atoms with Gasteiger partial charge < -0.3 is 23.7 Å². The number of ether oxygens (including phenoxy) is 3. The fourth-order valence-electron chi connectivity index (χ4n) is 3.56. The molecule has 0 saturated carbocycles. The second-order valence-corrected chi connectivity index (χ2v) is 8.03. The Hall–Kier alpha value is -3.67. The molecule has 1 N–H and O–H groups in total. The molecule has 1 heterocycles. The number of phenols is 1. The van der Waals surface area contributed by atoms with Crippen molar-refractivity contribution in [3.8, 4) is 34.3 Å². The average Bonchev–Trinajstić information content (AvgIpc) is 3.17. The number of rotatable bonds is 10. The standard InChI is InChI=1S/C27H30O6/c1-17(2)7-6-8-18(3)11-12-32-19-9-10-21(24(14-19)31-5)27-22(16-28)26-23(29)13-20(30-4)15-25(26)33-27/h7,9-11,13-16,29H,6,8,12H2,1-5H3/b18-11-. The van der Waals surface area contributed by atoms with Crippen molar-refractivity contribution in [2.45, 2.75) is 33.6 Å². The molecule has 3 aromatic rings. The highest BCUT2D eigenvalue weighted by molar-refractivity contribution is 6.06. The Labute approximate surface area is 194 Å². The van der Waals surface area contributed by atoms with Crippen molar-refractivity contribution in [3.63, 3.8) is 0 Å². The van der Waals surface area contributed by atoms with E-state index >= 15 is 0 Å². The summed E-state index contributed by atoms with van der Waals surface area (Å²) in [6, 6.07) is 8.40. The van der Waals surface area contributed by atoms with Gasteiger partial charge in [-0.25, -0.2) is 0 Å². The lowest BCUT2D eigenvalue weighted by Crippen LogP contribution is -1.97. The van der Waals surface area contributed by atoms with Crippen molar-refractivity contribution in [2.75, 3.05) is 20.8 Å². The summed E-state index contributed by atoms with van der Waals surface area (Å²) < 4.78 is 22.5. The van der Waals surface area contributed by atoms with Crippen molar-refractivity contribution in [1.82, 2.24) is 0 Å². The maximum atomic E-state index is 11.9. The van der Waals surface area contributed by atoms with Crippen LogP contribution in [-0.4, -0.2) is 32.2 Å². The molecular weight excluding hydrogens is 420 g/mol. The number of methoxy groups -OCH3 is 2. The Morgan fingerprint density at radius 1 is 1.03 bits per heavy atom.